The summed E-state index contributed by atoms with van der Waals surface area (Å²) < 4.78 is 5.46. The lowest BCUT2D eigenvalue weighted by molar-refractivity contribution is 0.360. The number of benzene rings is 1. The molecule has 0 bridgehead atoms. The number of rotatable bonds is 3. The molecule has 0 amide bonds. The molecule has 0 atom stereocenters. The van der Waals surface area contributed by atoms with Gasteiger partial charge in [-0.1, -0.05) is 17.7 Å². The van der Waals surface area contributed by atoms with Crippen molar-refractivity contribution in [3.63, 3.8) is 0 Å². The molecule has 2 nitrogen and oxygen atoms in total. The minimum absolute atomic E-state index is 0.465. The molecular weight excluding hydrogens is 198 g/mol. The van der Waals surface area contributed by atoms with E-state index in [1.165, 1.54) is 5.54 Å². The molecule has 0 aliphatic carbocycles. The Morgan fingerprint density at radius 2 is 2.07 bits per heavy atom. The molecule has 3 heteroatoms. The number of ether oxygens (including phenoxy) is 1. The number of nitrogens with two attached hydrogens (primary N) is 1. The number of hydrogen-bond acceptors (Lipinski definition) is 2. The molecule has 1 aromatic rings. The molecule has 76 valence electrons. The van der Waals surface area contributed by atoms with E-state index in [9.17, 15) is 0 Å². The summed E-state index contributed by atoms with van der Waals surface area (Å²) in [7, 11) is 0. The zero-order chi connectivity index (χ0) is 10.6. The Hall–Kier alpha value is -1.15. The van der Waals surface area contributed by atoms with E-state index >= 15 is 0 Å². The van der Waals surface area contributed by atoms with E-state index in [4.69, 9.17) is 22.1 Å². The van der Waals surface area contributed by atoms with Crippen LogP contribution in [0.25, 0.3) is 0 Å². The number of anilines is 1. The van der Waals surface area contributed by atoms with Gasteiger partial charge >= 0.3 is 0 Å². The van der Waals surface area contributed by atoms with E-state index < -0.39 is 0 Å². The van der Waals surface area contributed by atoms with Gasteiger partial charge in [-0.05, 0) is 31.1 Å². The summed E-state index contributed by atoms with van der Waals surface area (Å²) in [4.78, 5) is 0. The van der Waals surface area contributed by atoms with Gasteiger partial charge in [0.05, 0.1) is 0 Å². The lowest BCUT2D eigenvalue weighted by atomic mass is 10.1. The Balaban J connectivity index is 2.81. The highest BCUT2D eigenvalue weighted by Crippen LogP contribution is 2.24. The van der Waals surface area contributed by atoms with Crippen LogP contribution in [0.15, 0.2) is 23.7 Å². The molecule has 0 radical (unpaired) electrons. The average molecular weight is 212 g/mol. The van der Waals surface area contributed by atoms with Crippen molar-refractivity contribution in [1.82, 2.24) is 0 Å². The first kappa shape index (κ1) is 10.9. The summed E-state index contributed by atoms with van der Waals surface area (Å²) in [6, 6.07) is 3.85. The van der Waals surface area contributed by atoms with Gasteiger partial charge in [0, 0.05) is 17.3 Å². The second-order valence-corrected chi connectivity index (χ2v) is 3.40. The van der Waals surface area contributed by atoms with Crippen LogP contribution in [0, 0.1) is 13.8 Å². The summed E-state index contributed by atoms with van der Waals surface area (Å²) in [5, 5.41) is 0. The molecule has 0 spiro atoms. The molecule has 0 heterocycles. The molecule has 0 saturated heterocycles. The van der Waals surface area contributed by atoms with E-state index in [1.54, 1.807) is 6.08 Å². The van der Waals surface area contributed by atoms with Crippen LogP contribution in [0.4, 0.5) is 5.69 Å². The normalized spacial score (nSPS) is 10.8. The van der Waals surface area contributed by atoms with Crippen LogP contribution in [0.1, 0.15) is 11.1 Å². The Labute approximate surface area is 89.3 Å². The maximum absolute atomic E-state index is 5.77. The first-order chi connectivity index (χ1) is 6.65. The Kier molecular flexibility index (Phi) is 3.84. The summed E-state index contributed by atoms with van der Waals surface area (Å²) in [6.07, 6.45) is 1.73. The van der Waals surface area contributed by atoms with Gasteiger partial charge in [0.25, 0.3) is 0 Å². The number of halogens is 1. The fourth-order valence-corrected chi connectivity index (χ4v) is 1.25. The van der Waals surface area contributed by atoms with Gasteiger partial charge in [-0.25, -0.2) is 0 Å². The number of hydrogen-bond donors (Lipinski definition) is 1. The summed E-state index contributed by atoms with van der Waals surface area (Å²) >= 11 is 5.38. The fourth-order valence-electron chi connectivity index (χ4n) is 1.18. The molecule has 0 aromatic heterocycles. The van der Waals surface area contributed by atoms with Gasteiger partial charge < -0.3 is 10.5 Å². The van der Waals surface area contributed by atoms with Crippen molar-refractivity contribution >= 4 is 17.3 Å². The van der Waals surface area contributed by atoms with Crippen LogP contribution in [0.2, 0.25) is 0 Å². The van der Waals surface area contributed by atoms with E-state index in [1.807, 2.05) is 26.0 Å². The van der Waals surface area contributed by atoms with Crippen LogP contribution in [0.3, 0.4) is 0 Å². The Bertz CT molecular complexity index is 347. The van der Waals surface area contributed by atoms with E-state index in [0.29, 0.717) is 6.61 Å². The maximum Gasteiger partial charge on any atom is 0.124 e. The Morgan fingerprint density at radius 1 is 1.36 bits per heavy atom. The van der Waals surface area contributed by atoms with Crippen molar-refractivity contribution in [1.29, 1.82) is 0 Å². The summed E-state index contributed by atoms with van der Waals surface area (Å²) in [6.45, 7) is 4.43. The number of aryl methyl sites for hydroxylation is 2. The van der Waals surface area contributed by atoms with Gasteiger partial charge in [0.1, 0.15) is 12.4 Å². The van der Waals surface area contributed by atoms with E-state index in [2.05, 4.69) is 0 Å². The zero-order valence-electron chi connectivity index (χ0n) is 8.38. The minimum atomic E-state index is 0.465. The first-order valence-corrected chi connectivity index (χ1v) is 4.83. The third kappa shape index (κ3) is 2.67. The molecule has 0 unspecified atom stereocenters. The molecular formula is C11H14ClNO. The van der Waals surface area contributed by atoms with Crippen LogP contribution < -0.4 is 10.5 Å². The minimum Gasteiger partial charge on any atom is -0.489 e. The van der Waals surface area contributed by atoms with Crippen LogP contribution in [-0.4, -0.2) is 6.61 Å². The van der Waals surface area contributed by atoms with Gasteiger partial charge in [-0.15, -0.1) is 0 Å². The third-order valence-corrected chi connectivity index (χ3v) is 2.17. The van der Waals surface area contributed by atoms with E-state index in [0.717, 1.165) is 22.6 Å². The van der Waals surface area contributed by atoms with E-state index in [-0.39, 0.29) is 0 Å². The highest BCUT2D eigenvalue weighted by molar-refractivity contribution is 6.25. The van der Waals surface area contributed by atoms with Gasteiger partial charge in [-0.2, -0.15) is 0 Å². The third-order valence-electron chi connectivity index (χ3n) is 1.99. The second kappa shape index (κ2) is 4.91. The van der Waals surface area contributed by atoms with Crippen LogP contribution in [0.5, 0.6) is 5.75 Å². The van der Waals surface area contributed by atoms with Gasteiger partial charge in [0.2, 0.25) is 0 Å². The fraction of sp³-hybridized carbons (Fsp3) is 0.273. The average Bonchev–Trinajstić information content (AvgIpc) is 2.14. The molecule has 0 saturated carbocycles. The van der Waals surface area contributed by atoms with Gasteiger partial charge in [0.15, 0.2) is 0 Å². The lowest BCUT2D eigenvalue weighted by Crippen LogP contribution is -1.98. The molecule has 1 aromatic carbocycles. The van der Waals surface area contributed by atoms with Crippen molar-refractivity contribution in [2.45, 2.75) is 13.8 Å². The van der Waals surface area contributed by atoms with Crippen molar-refractivity contribution in [3.05, 3.63) is 34.9 Å². The SMILES string of the molecule is Cc1cc(C)c(OC/C=C/Cl)cc1N. The molecule has 0 aliphatic heterocycles. The Morgan fingerprint density at radius 3 is 2.71 bits per heavy atom. The summed E-state index contributed by atoms with van der Waals surface area (Å²) in [5.74, 6) is 0.808. The lowest BCUT2D eigenvalue weighted by Gasteiger charge is -2.09. The molecule has 14 heavy (non-hydrogen) atoms. The predicted octanol–water partition coefficient (Wildman–Crippen LogP) is 3.02. The first-order valence-electron chi connectivity index (χ1n) is 4.40. The van der Waals surface area contributed by atoms with Crippen molar-refractivity contribution in [2.75, 3.05) is 12.3 Å². The highest BCUT2D eigenvalue weighted by Gasteiger charge is 2.02. The monoisotopic (exact) mass is 211 g/mol. The number of nitrogen functional groups attached to an aromatic ring is 1. The molecule has 0 aliphatic rings. The molecule has 1 rings (SSSR count). The smallest absolute Gasteiger partial charge is 0.124 e. The zero-order valence-corrected chi connectivity index (χ0v) is 9.14. The van der Waals surface area contributed by atoms with Crippen molar-refractivity contribution < 1.29 is 4.74 Å². The highest BCUT2D eigenvalue weighted by atomic mass is 35.5. The maximum atomic E-state index is 5.77. The quantitative estimate of drug-likeness (QED) is 0.781. The predicted molar refractivity (Wildman–Crippen MR) is 60.8 cm³/mol. The second-order valence-electron chi connectivity index (χ2n) is 3.15. The standard InChI is InChI=1S/C11H14ClNO/c1-8-6-9(2)11(7-10(8)13)14-5-3-4-12/h3-4,6-7H,5,13H2,1-2H3/b4-3+. The van der Waals surface area contributed by atoms with Crippen molar-refractivity contribution in [2.24, 2.45) is 0 Å². The van der Waals surface area contributed by atoms with Crippen LogP contribution >= 0.6 is 11.6 Å². The van der Waals surface area contributed by atoms with Crippen molar-refractivity contribution in [3.8, 4) is 5.75 Å². The van der Waals surface area contributed by atoms with Gasteiger partial charge in [-0.3, -0.25) is 0 Å². The molecule has 0 fully saturated rings. The molecule has 2 N–H and O–H groups in total. The largest absolute Gasteiger partial charge is 0.489 e. The topological polar surface area (TPSA) is 35.2 Å². The van der Waals surface area contributed by atoms with Crippen LogP contribution in [-0.2, 0) is 0 Å². The summed E-state index contributed by atoms with van der Waals surface area (Å²) in [5.41, 5.74) is 10.1.